The fraction of sp³-hybridized carbons (Fsp3) is 0.0870. The minimum absolute atomic E-state index is 0.850. The molecule has 1 aromatic heterocycles. The third-order valence-corrected chi connectivity index (χ3v) is 5.51. The summed E-state index contributed by atoms with van der Waals surface area (Å²) < 4.78 is 5.30. The van der Waals surface area contributed by atoms with Gasteiger partial charge >= 0.3 is 0 Å². The Bertz CT molecular complexity index is 1040. The summed E-state index contributed by atoms with van der Waals surface area (Å²) in [6.45, 7) is 2.08. The van der Waals surface area contributed by atoms with Crippen LogP contribution in [0.15, 0.2) is 88.7 Å². The molecule has 0 atom stereocenters. The third-order valence-electron chi connectivity index (χ3n) is 4.38. The Morgan fingerprint density at radius 2 is 1.42 bits per heavy atom. The van der Waals surface area contributed by atoms with E-state index < -0.39 is 0 Å². The smallest absolute Gasteiger partial charge is 0.118 e. The topological polar surface area (TPSA) is 22.1 Å². The van der Waals surface area contributed by atoms with Crippen LogP contribution in [0.25, 0.3) is 22.0 Å². The maximum Gasteiger partial charge on any atom is 0.118 e. The summed E-state index contributed by atoms with van der Waals surface area (Å²) in [4.78, 5) is 7.35. The van der Waals surface area contributed by atoms with Gasteiger partial charge in [0.1, 0.15) is 5.75 Å². The van der Waals surface area contributed by atoms with Crippen LogP contribution in [-0.4, -0.2) is 12.1 Å². The predicted molar refractivity (Wildman–Crippen MR) is 109 cm³/mol. The van der Waals surface area contributed by atoms with Gasteiger partial charge in [-0.3, -0.25) is 4.98 Å². The van der Waals surface area contributed by atoms with Gasteiger partial charge < -0.3 is 4.74 Å². The second-order valence-corrected chi connectivity index (χ2v) is 7.15. The van der Waals surface area contributed by atoms with Crippen molar-refractivity contribution < 1.29 is 4.74 Å². The number of fused-ring (bicyclic) bond motifs is 1. The zero-order chi connectivity index (χ0) is 17.9. The molecule has 0 aliphatic heterocycles. The summed E-state index contributed by atoms with van der Waals surface area (Å²) in [6, 6.07) is 27.1. The first-order valence-corrected chi connectivity index (χ1v) is 9.34. The number of ether oxygens (including phenoxy) is 1. The zero-order valence-electron chi connectivity index (χ0n) is 14.8. The van der Waals surface area contributed by atoms with Crippen molar-refractivity contribution in [2.24, 2.45) is 0 Å². The molecule has 0 amide bonds. The van der Waals surface area contributed by atoms with Crippen molar-refractivity contribution in [3.8, 4) is 17.0 Å². The van der Waals surface area contributed by atoms with Crippen molar-refractivity contribution in [2.45, 2.75) is 16.7 Å². The Hall–Kier alpha value is -2.78. The summed E-state index contributed by atoms with van der Waals surface area (Å²) in [5, 5.41) is 2.43. The van der Waals surface area contributed by atoms with Gasteiger partial charge in [0.2, 0.25) is 0 Å². The van der Waals surface area contributed by atoms with Crippen LogP contribution < -0.4 is 4.74 Å². The lowest BCUT2D eigenvalue weighted by atomic mass is 10.0. The Morgan fingerprint density at radius 1 is 0.769 bits per heavy atom. The lowest BCUT2D eigenvalue weighted by molar-refractivity contribution is 0.415. The molecule has 0 saturated heterocycles. The number of aryl methyl sites for hydroxylation is 1. The van der Waals surface area contributed by atoms with Gasteiger partial charge in [0, 0.05) is 26.4 Å². The number of aromatic nitrogens is 1. The van der Waals surface area contributed by atoms with Crippen molar-refractivity contribution in [2.75, 3.05) is 7.11 Å². The highest BCUT2D eigenvalue weighted by Crippen LogP contribution is 2.40. The van der Waals surface area contributed by atoms with Crippen LogP contribution >= 0.6 is 11.8 Å². The molecule has 128 valence electrons. The average Bonchev–Trinajstić information content (AvgIpc) is 2.71. The predicted octanol–water partition coefficient (Wildman–Crippen LogP) is 6.37. The first-order valence-electron chi connectivity index (χ1n) is 8.53. The quantitative estimate of drug-likeness (QED) is 0.424. The summed E-state index contributed by atoms with van der Waals surface area (Å²) >= 11 is 1.76. The van der Waals surface area contributed by atoms with E-state index in [9.17, 15) is 0 Å². The molecular weight excluding hydrogens is 338 g/mol. The van der Waals surface area contributed by atoms with Crippen LogP contribution in [0.2, 0.25) is 0 Å². The fourth-order valence-electron chi connectivity index (χ4n) is 3.06. The molecule has 2 nitrogen and oxygen atoms in total. The molecule has 1 heterocycles. The molecule has 26 heavy (non-hydrogen) atoms. The largest absolute Gasteiger partial charge is 0.497 e. The zero-order valence-corrected chi connectivity index (χ0v) is 15.6. The molecule has 4 rings (SSSR count). The molecule has 0 aliphatic rings. The number of rotatable bonds is 4. The van der Waals surface area contributed by atoms with E-state index >= 15 is 0 Å². The molecule has 0 radical (unpaired) electrons. The summed E-state index contributed by atoms with van der Waals surface area (Å²) in [6.07, 6.45) is 0. The number of nitrogens with zero attached hydrogens (tertiary/aromatic N) is 1. The minimum atomic E-state index is 0.850. The van der Waals surface area contributed by atoms with E-state index in [-0.39, 0.29) is 0 Å². The number of pyridine rings is 1. The van der Waals surface area contributed by atoms with Gasteiger partial charge in [0.25, 0.3) is 0 Å². The summed E-state index contributed by atoms with van der Waals surface area (Å²) in [5.74, 6) is 0.850. The third kappa shape index (κ3) is 3.18. The van der Waals surface area contributed by atoms with Gasteiger partial charge in [-0.05, 0) is 48.7 Å². The Balaban J connectivity index is 1.94. The molecule has 3 heteroatoms. The first kappa shape index (κ1) is 16.7. The molecular formula is C23H19NOS. The maximum atomic E-state index is 5.30. The van der Waals surface area contributed by atoms with E-state index in [0.29, 0.717) is 0 Å². The van der Waals surface area contributed by atoms with E-state index in [1.54, 1.807) is 18.9 Å². The second kappa shape index (κ2) is 7.22. The number of benzene rings is 3. The van der Waals surface area contributed by atoms with Crippen molar-refractivity contribution >= 4 is 22.5 Å². The highest BCUT2D eigenvalue weighted by Gasteiger charge is 2.15. The highest BCUT2D eigenvalue weighted by molar-refractivity contribution is 7.99. The summed E-state index contributed by atoms with van der Waals surface area (Å²) in [7, 11) is 1.68. The molecule has 0 spiro atoms. The van der Waals surface area contributed by atoms with Crippen molar-refractivity contribution in [3.05, 3.63) is 84.6 Å². The first-order chi connectivity index (χ1) is 12.8. The van der Waals surface area contributed by atoms with E-state index in [0.717, 1.165) is 22.7 Å². The van der Waals surface area contributed by atoms with Gasteiger partial charge in [0.05, 0.1) is 12.8 Å². The van der Waals surface area contributed by atoms with E-state index in [2.05, 4.69) is 67.6 Å². The molecule has 0 saturated carbocycles. The van der Waals surface area contributed by atoms with Gasteiger partial charge in [0.15, 0.2) is 0 Å². The second-order valence-electron chi connectivity index (χ2n) is 6.06. The van der Waals surface area contributed by atoms with Crippen molar-refractivity contribution in [1.82, 2.24) is 4.98 Å². The normalized spacial score (nSPS) is 10.8. The standard InChI is InChI=1S/C23H19NOS/c1-16-20-10-6-7-11-21(20)23(26-19-8-4-3-5-9-19)22(24-16)17-12-14-18(25-2)15-13-17/h3-15H,1-2H3. The fourth-order valence-corrected chi connectivity index (χ4v) is 4.13. The lowest BCUT2D eigenvalue weighted by Gasteiger charge is -2.14. The monoisotopic (exact) mass is 357 g/mol. The van der Waals surface area contributed by atoms with Gasteiger partial charge in [-0.2, -0.15) is 0 Å². The van der Waals surface area contributed by atoms with Crippen molar-refractivity contribution in [1.29, 1.82) is 0 Å². The van der Waals surface area contributed by atoms with Crippen LogP contribution in [0.1, 0.15) is 5.69 Å². The molecule has 0 fully saturated rings. The Kier molecular flexibility index (Phi) is 4.63. The van der Waals surface area contributed by atoms with Crippen LogP contribution in [-0.2, 0) is 0 Å². The van der Waals surface area contributed by atoms with Gasteiger partial charge in [-0.25, -0.2) is 0 Å². The molecule has 0 unspecified atom stereocenters. The lowest BCUT2D eigenvalue weighted by Crippen LogP contribution is -1.94. The van der Waals surface area contributed by atoms with Crippen LogP contribution in [0.3, 0.4) is 0 Å². The summed E-state index contributed by atoms with van der Waals surface area (Å²) in [5.41, 5.74) is 3.15. The SMILES string of the molecule is COc1ccc(-c2nc(C)c3ccccc3c2Sc2ccccc2)cc1. The molecule has 0 bridgehead atoms. The van der Waals surface area contributed by atoms with E-state index in [1.165, 1.54) is 20.6 Å². The molecule has 0 aliphatic carbocycles. The van der Waals surface area contributed by atoms with Crippen LogP contribution in [0.4, 0.5) is 0 Å². The van der Waals surface area contributed by atoms with Crippen LogP contribution in [0, 0.1) is 6.92 Å². The van der Waals surface area contributed by atoms with E-state index in [1.807, 2.05) is 18.2 Å². The van der Waals surface area contributed by atoms with Gasteiger partial charge in [-0.15, -0.1) is 0 Å². The average molecular weight is 357 g/mol. The van der Waals surface area contributed by atoms with Crippen LogP contribution in [0.5, 0.6) is 5.75 Å². The number of hydrogen-bond donors (Lipinski definition) is 0. The Labute approximate surface area is 157 Å². The molecule has 0 N–H and O–H groups in total. The Morgan fingerprint density at radius 3 is 2.12 bits per heavy atom. The number of hydrogen-bond acceptors (Lipinski definition) is 3. The van der Waals surface area contributed by atoms with Gasteiger partial charge in [-0.1, -0.05) is 54.2 Å². The van der Waals surface area contributed by atoms with E-state index in [4.69, 9.17) is 9.72 Å². The molecule has 3 aromatic carbocycles. The number of methoxy groups -OCH3 is 1. The molecule has 4 aromatic rings. The maximum absolute atomic E-state index is 5.30. The minimum Gasteiger partial charge on any atom is -0.497 e. The van der Waals surface area contributed by atoms with Crippen molar-refractivity contribution in [3.63, 3.8) is 0 Å². The highest BCUT2D eigenvalue weighted by atomic mass is 32.2.